The van der Waals surface area contributed by atoms with Gasteiger partial charge in [0, 0.05) is 44.6 Å². The van der Waals surface area contributed by atoms with Gasteiger partial charge in [0.15, 0.2) is 0 Å². The summed E-state index contributed by atoms with van der Waals surface area (Å²) in [6.45, 7) is 2.73. The summed E-state index contributed by atoms with van der Waals surface area (Å²) in [6.07, 6.45) is 2.85. The second kappa shape index (κ2) is 9.26. The summed E-state index contributed by atoms with van der Waals surface area (Å²) in [5.74, 6) is -0.617. The van der Waals surface area contributed by atoms with Gasteiger partial charge in [-0.3, -0.25) is 29.5 Å². The molecule has 2 amide bonds. The lowest BCUT2D eigenvalue weighted by molar-refractivity contribution is -0.383. The second-order valence-corrected chi connectivity index (χ2v) is 8.12. The number of amides is 2. The fraction of sp³-hybridized carbons (Fsp3) is 0.391. The van der Waals surface area contributed by atoms with Crippen LogP contribution in [0.25, 0.3) is 0 Å². The number of imide groups is 1. The van der Waals surface area contributed by atoms with Gasteiger partial charge in [-0.05, 0) is 37.0 Å². The Morgan fingerprint density at radius 2 is 1.68 bits per heavy atom. The van der Waals surface area contributed by atoms with Crippen LogP contribution in [0, 0.1) is 10.1 Å². The fourth-order valence-electron chi connectivity index (χ4n) is 4.27. The molecule has 2 aromatic rings. The Bertz CT molecular complexity index is 955. The lowest BCUT2D eigenvalue weighted by atomic mass is 10.0. The van der Waals surface area contributed by atoms with Crippen LogP contribution in [0.4, 0.5) is 17.1 Å². The smallest absolute Gasteiger partial charge is 0.294 e. The van der Waals surface area contributed by atoms with E-state index in [0.717, 1.165) is 37.4 Å². The molecule has 0 unspecified atom stereocenters. The molecule has 1 N–H and O–H groups in total. The van der Waals surface area contributed by atoms with E-state index in [4.69, 9.17) is 0 Å². The number of rotatable bonds is 6. The van der Waals surface area contributed by atoms with Gasteiger partial charge in [-0.1, -0.05) is 30.3 Å². The largest absolute Gasteiger partial charge is 0.377 e. The number of anilines is 2. The number of nitro benzene ring substituents is 1. The van der Waals surface area contributed by atoms with E-state index in [0.29, 0.717) is 12.1 Å². The summed E-state index contributed by atoms with van der Waals surface area (Å²) in [4.78, 5) is 39.0. The number of nitrogens with one attached hydrogen (secondary N) is 1. The zero-order valence-electron chi connectivity index (χ0n) is 17.3. The Balaban J connectivity index is 1.42. The molecule has 0 aliphatic carbocycles. The topological polar surface area (TPSA) is 95.8 Å². The van der Waals surface area contributed by atoms with Crippen molar-refractivity contribution in [2.24, 2.45) is 0 Å². The molecule has 0 atom stereocenters. The van der Waals surface area contributed by atoms with Crippen molar-refractivity contribution >= 4 is 28.9 Å². The zero-order valence-corrected chi connectivity index (χ0v) is 17.3. The van der Waals surface area contributed by atoms with E-state index in [1.807, 2.05) is 18.2 Å². The summed E-state index contributed by atoms with van der Waals surface area (Å²) in [6, 6.07) is 15.0. The Kier molecular flexibility index (Phi) is 6.27. The van der Waals surface area contributed by atoms with Crippen LogP contribution in [0.2, 0.25) is 0 Å². The van der Waals surface area contributed by atoms with Crippen LogP contribution in [-0.4, -0.2) is 40.8 Å². The summed E-state index contributed by atoms with van der Waals surface area (Å²) < 4.78 is 0. The number of carbonyl (C=O) groups excluding carboxylic acids is 2. The molecule has 0 aromatic heterocycles. The number of hydrogen-bond acceptors (Lipinski definition) is 6. The number of nitrogens with zero attached hydrogens (tertiary/aromatic N) is 3. The van der Waals surface area contributed by atoms with Gasteiger partial charge >= 0.3 is 0 Å². The van der Waals surface area contributed by atoms with Crippen molar-refractivity contribution in [2.75, 3.05) is 23.3 Å². The molecule has 4 rings (SSSR count). The first-order chi connectivity index (χ1) is 15.0. The predicted octanol–water partition coefficient (Wildman–Crippen LogP) is 3.71. The molecule has 2 aliphatic heterocycles. The maximum atomic E-state index is 12.2. The number of piperidine rings is 2. The quantitative estimate of drug-likeness (QED) is 0.433. The van der Waals surface area contributed by atoms with Crippen molar-refractivity contribution in [3.05, 3.63) is 64.2 Å². The number of carbonyl (C=O) groups is 2. The van der Waals surface area contributed by atoms with E-state index in [9.17, 15) is 19.7 Å². The van der Waals surface area contributed by atoms with Crippen LogP contribution in [0.15, 0.2) is 48.5 Å². The van der Waals surface area contributed by atoms with Crippen molar-refractivity contribution < 1.29 is 14.5 Å². The van der Waals surface area contributed by atoms with Crippen molar-refractivity contribution in [1.82, 2.24) is 4.90 Å². The summed E-state index contributed by atoms with van der Waals surface area (Å²) in [5, 5.41) is 15.0. The lowest BCUT2D eigenvalue weighted by Gasteiger charge is -2.33. The predicted molar refractivity (Wildman–Crippen MR) is 118 cm³/mol. The second-order valence-electron chi connectivity index (χ2n) is 8.12. The van der Waals surface area contributed by atoms with Crippen LogP contribution in [0.5, 0.6) is 0 Å². The van der Waals surface area contributed by atoms with Crippen LogP contribution in [0.1, 0.15) is 37.7 Å². The van der Waals surface area contributed by atoms with Crippen LogP contribution in [-0.2, 0) is 16.1 Å². The number of hydrogen-bond donors (Lipinski definition) is 1. The van der Waals surface area contributed by atoms with Crippen molar-refractivity contribution in [3.63, 3.8) is 0 Å². The third-order valence-corrected chi connectivity index (χ3v) is 5.91. The first-order valence-electron chi connectivity index (χ1n) is 10.7. The van der Waals surface area contributed by atoms with E-state index in [2.05, 4.69) is 22.3 Å². The molecule has 2 fully saturated rings. The molecule has 8 heteroatoms. The SMILES string of the molecule is O=C1CCCC(=O)N1c1ccc(NC2CCN(Cc3ccccc3)CC2)c([N+](=O)[O-])c1. The van der Waals surface area contributed by atoms with Gasteiger partial charge in [-0.25, -0.2) is 0 Å². The van der Waals surface area contributed by atoms with Crippen molar-refractivity contribution in [3.8, 4) is 0 Å². The Labute approximate surface area is 181 Å². The van der Waals surface area contributed by atoms with Crippen LogP contribution >= 0.6 is 0 Å². The summed E-state index contributed by atoms with van der Waals surface area (Å²) in [5.41, 5.74) is 1.86. The fourth-order valence-corrected chi connectivity index (χ4v) is 4.27. The minimum Gasteiger partial charge on any atom is -0.377 e. The molecule has 2 saturated heterocycles. The normalized spacial score (nSPS) is 18.3. The van der Waals surface area contributed by atoms with Crippen LogP contribution in [0.3, 0.4) is 0 Å². The highest BCUT2D eigenvalue weighted by Crippen LogP contribution is 2.33. The van der Waals surface area contributed by atoms with Gasteiger partial charge in [0.25, 0.3) is 5.69 Å². The molecular formula is C23H26N4O4. The number of likely N-dealkylation sites (tertiary alicyclic amines) is 1. The maximum Gasteiger partial charge on any atom is 0.294 e. The van der Waals surface area contributed by atoms with Gasteiger partial charge in [0.1, 0.15) is 5.69 Å². The van der Waals surface area contributed by atoms with Gasteiger partial charge < -0.3 is 5.32 Å². The number of nitro groups is 1. The molecule has 31 heavy (non-hydrogen) atoms. The molecule has 0 bridgehead atoms. The number of benzene rings is 2. The molecule has 8 nitrogen and oxygen atoms in total. The molecule has 2 aromatic carbocycles. The Hall–Kier alpha value is -3.26. The Morgan fingerprint density at radius 3 is 2.32 bits per heavy atom. The average molecular weight is 422 g/mol. The molecular weight excluding hydrogens is 396 g/mol. The standard InChI is InChI=1S/C23H26N4O4/c28-22-7-4-8-23(29)26(22)19-9-10-20(21(15-19)27(30)31)24-18-11-13-25(14-12-18)16-17-5-2-1-3-6-17/h1-3,5-6,9-10,15,18,24H,4,7-8,11-14,16H2. The first kappa shape index (κ1) is 21.0. The molecule has 0 spiro atoms. The van der Waals surface area contributed by atoms with Crippen molar-refractivity contribution in [2.45, 2.75) is 44.7 Å². The van der Waals surface area contributed by atoms with Gasteiger partial charge in [0.2, 0.25) is 11.8 Å². The van der Waals surface area contributed by atoms with Gasteiger partial charge in [0.05, 0.1) is 10.6 Å². The van der Waals surface area contributed by atoms with E-state index < -0.39 is 4.92 Å². The van der Waals surface area contributed by atoms with E-state index in [1.165, 1.54) is 11.6 Å². The Morgan fingerprint density at radius 1 is 1.00 bits per heavy atom. The maximum absolute atomic E-state index is 12.2. The molecule has 162 valence electrons. The van der Waals surface area contributed by atoms with Crippen LogP contribution < -0.4 is 10.2 Å². The van der Waals surface area contributed by atoms with Gasteiger partial charge in [-0.2, -0.15) is 0 Å². The highest BCUT2D eigenvalue weighted by Gasteiger charge is 2.30. The third kappa shape index (κ3) is 4.91. The van der Waals surface area contributed by atoms with E-state index in [1.54, 1.807) is 12.1 Å². The van der Waals surface area contributed by atoms with E-state index in [-0.39, 0.29) is 42.1 Å². The molecule has 2 heterocycles. The third-order valence-electron chi connectivity index (χ3n) is 5.91. The highest BCUT2D eigenvalue weighted by molar-refractivity contribution is 6.16. The van der Waals surface area contributed by atoms with Crippen molar-refractivity contribution in [1.29, 1.82) is 0 Å². The zero-order chi connectivity index (χ0) is 21.8. The molecule has 0 saturated carbocycles. The first-order valence-corrected chi connectivity index (χ1v) is 10.7. The minimum atomic E-state index is -0.463. The average Bonchev–Trinajstić information content (AvgIpc) is 2.76. The highest BCUT2D eigenvalue weighted by atomic mass is 16.6. The molecule has 2 aliphatic rings. The lowest BCUT2D eigenvalue weighted by Crippen LogP contribution is -2.40. The molecule has 0 radical (unpaired) electrons. The van der Waals surface area contributed by atoms with Gasteiger partial charge in [-0.15, -0.1) is 0 Å². The minimum absolute atomic E-state index is 0.115. The summed E-state index contributed by atoms with van der Waals surface area (Å²) >= 11 is 0. The monoisotopic (exact) mass is 422 g/mol. The summed E-state index contributed by atoms with van der Waals surface area (Å²) in [7, 11) is 0. The van der Waals surface area contributed by atoms with E-state index >= 15 is 0 Å².